The van der Waals surface area contributed by atoms with E-state index in [0.29, 0.717) is 25.9 Å². The Balaban J connectivity index is 2.10. The Kier molecular flexibility index (Phi) is 5.95. The molecule has 128 valence electrons. The van der Waals surface area contributed by atoms with Crippen molar-refractivity contribution in [3.8, 4) is 0 Å². The maximum Gasteiger partial charge on any atom is 0.317 e. The number of hydrogen-bond acceptors (Lipinski definition) is 3. The number of rotatable bonds is 8. The number of carbonyl (C=O) groups is 1. The molecule has 0 aliphatic carbocycles. The van der Waals surface area contributed by atoms with Gasteiger partial charge in [-0.15, -0.1) is 0 Å². The van der Waals surface area contributed by atoms with Crippen LogP contribution in [0.4, 0.5) is 9.18 Å². The van der Waals surface area contributed by atoms with Crippen molar-refractivity contribution in [1.29, 1.82) is 0 Å². The smallest absolute Gasteiger partial charge is 0.317 e. The number of urea groups is 1. The van der Waals surface area contributed by atoms with Crippen LogP contribution >= 0.6 is 0 Å². The summed E-state index contributed by atoms with van der Waals surface area (Å²) < 4.78 is 39.6. The summed E-state index contributed by atoms with van der Waals surface area (Å²) in [6.07, 6.45) is 0.911. The highest BCUT2D eigenvalue weighted by molar-refractivity contribution is 7.89. The van der Waals surface area contributed by atoms with Crippen molar-refractivity contribution in [2.24, 2.45) is 0 Å². The van der Waals surface area contributed by atoms with Crippen molar-refractivity contribution < 1.29 is 17.6 Å². The lowest BCUT2D eigenvalue weighted by Crippen LogP contribution is -2.47. The van der Waals surface area contributed by atoms with Crippen LogP contribution in [0.1, 0.15) is 18.9 Å². The third-order valence-electron chi connectivity index (χ3n) is 3.70. The van der Waals surface area contributed by atoms with Gasteiger partial charge in [-0.2, -0.15) is 0 Å². The molecule has 2 rings (SSSR count). The van der Waals surface area contributed by atoms with Crippen molar-refractivity contribution in [2.45, 2.75) is 25.8 Å². The van der Waals surface area contributed by atoms with Crippen LogP contribution in [0.15, 0.2) is 24.3 Å². The Bertz CT molecular complexity index is 651. The molecule has 0 unspecified atom stereocenters. The second-order valence-corrected chi connectivity index (χ2v) is 7.51. The van der Waals surface area contributed by atoms with Crippen LogP contribution in [0.25, 0.3) is 0 Å². The molecule has 2 N–H and O–H groups in total. The van der Waals surface area contributed by atoms with Gasteiger partial charge in [0.25, 0.3) is 0 Å². The van der Waals surface area contributed by atoms with Crippen LogP contribution in [-0.2, 0) is 16.4 Å². The second-order valence-electron chi connectivity index (χ2n) is 5.58. The quantitative estimate of drug-likeness (QED) is 0.742. The normalized spacial score (nSPS) is 16.4. The molecule has 2 amide bonds. The molecule has 1 atom stereocenters. The summed E-state index contributed by atoms with van der Waals surface area (Å²) in [6.45, 7) is 2.94. The highest BCUT2D eigenvalue weighted by Gasteiger charge is 2.28. The highest BCUT2D eigenvalue weighted by atomic mass is 32.2. The van der Waals surface area contributed by atoms with Gasteiger partial charge < -0.3 is 10.2 Å². The maximum absolute atomic E-state index is 13.3. The van der Waals surface area contributed by atoms with E-state index in [2.05, 4.69) is 10.0 Å². The molecule has 1 aromatic rings. The molecule has 8 heteroatoms. The van der Waals surface area contributed by atoms with Crippen LogP contribution in [0.5, 0.6) is 0 Å². The number of benzene rings is 1. The molecular weight excluding hydrogens is 321 g/mol. The molecule has 1 saturated heterocycles. The lowest BCUT2D eigenvalue weighted by atomic mass is 10.0. The van der Waals surface area contributed by atoms with Gasteiger partial charge in [-0.05, 0) is 30.5 Å². The Morgan fingerprint density at radius 1 is 1.43 bits per heavy atom. The number of hydrogen-bond donors (Lipinski definition) is 2. The summed E-state index contributed by atoms with van der Waals surface area (Å²) in [7, 11) is -3.36. The first-order chi connectivity index (χ1) is 10.9. The monoisotopic (exact) mass is 343 g/mol. The number of nitrogens with zero attached hydrogens (tertiary/aromatic N) is 1. The summed E-state index contributed by atoms with van der Waals surface area (Å²) in [4.78, 5) is 13.5. The molecule has 1 aromatic carbocycles. The number of carbonyl (C=O) groups excluding carboxylic acids is 1. The van der Waals surface area contributed by atoms with Gasteiger partial charge in [0.15, 0.2) is 0 Å². The number of nitrogens with one attached hydrogen (secondary N) is 2. The van der Waals surface area contributed by atoms with Crippen LogP contribution in [0, 0.1) is 5.82 Å². The second kappa shape index (κ2) is 7.74. The van der Waals surface area contributed by atoms with E-state index in [1.54, 1.807) is 24.0 Å². The van der Waals surface area contributed by atoms with Gasteiger partial charge in [-0.3, -0.25) is 0 Å². The first-order valence-corrected chi connectivity index (χ1v) is 9.33. The van der Waals surface area contributed by atoms with E-state index in [1.165, 1.54) is 12.1 Å². The van der Waals surface area contributed by atoms with E-state index in [0.717, 1.165) is 5.56 Å². The summed E-state index contributed by atoms with van der Waals surface area (Å²) in [5, 5.41) is 2.71. The predicted octanol–water partition coefficient (Wildman–Crippen LogP) is 1.09. The van der Waals surface area contributed by atoms with Crippen LogP contribution in [0.3, 0.4) is 0 Å². The minimum atomic E-state index is -3.36. The summed E-state index contributed by atoms with van der Waals surface area (Å²) in [5.41, 5.74) is 0.726. The van der Waals surface area contributed by atoms with Gasteiger partial charge in [0.2, 0.25) is 10.0 Å². The fourth-order valence-corrected chi connectivity index (χ4v) is 3.76. The molecule has 0 spiro atoms. The van der Waals surface area contributed by atoms with Gasteiger partial charge in [-0.25, -0.2) is 22.3 Å². The van der Waals surface area contributed by atoms with Crippen molar-refractivity contribution in [1.82, 2.24) is 14.9 Å². The van der Waals surface area contributed by atoms with Crippen molar-refractivity contribution in [3.63, 3.8) is 0 Å². The molecule has 0 radical (unpaired) electrons. The number of amides is 2. The predicted molar refractivity (Wildman–Crippen MR) is 86.1 cm³/mol. The summed E-state index contributed by atoms with van der Waals surface area (Å²) in [6, 6.07) is 5.55. The minimum absolute atomic E-state index is 0.0475. The average molecular weight is 343 g/mol. The minimum Gasteiger partial charge on any atom is -0.336 e. The average Bonchev–Trinajstić information content (AvgIpc) is 2.89. The maximum atomic E-state index is 13.3. The van der Waals surface area contributed by atoms with Gasteiger partial charge in [0.1, 0.15) is 5.82 Å². The van der Waals surface area contributed by atoms with Crippen LogP contribution in [-0.4, -0.2) is 50.8 Å². The van der Waals surface area contributed by atoms with E-state index in [-0.39, 0.29) is 30.2 Å². The Hall–Kier alpha value is -1.67. The lowest BCUT2D eigenvalue weighted by Gasteiger charge is -2.27. The van der Waals surface area contributed by atoms with Gasteiger partial charge in [-0.1, -0.05) is 19.1 Å². The van der Waals surface area contributed by atoms with Crippen molar-refractivity contribution in [2.75, 3.05) is 25.4 Å². The zero-order valence-corrected chi connectivity index (χ0v) is 13.9. The molecular formula is C15H22FN3O3S. The number of sulfonamides is 1. The van der Waals surface area contributed by atoms with E-state index in [9.17, 15) is 17.6 Å². The Morgan fingerprint density at radius 3 is 2.83 bits per heavy atom. The van der Waals surface area contributed by atoms with E-state index in [1.807, 2.05) is 0 Å². The standard InChI is InChI=1S/C15H22FN3O3S/c1-2-8-23(21,22)18-11-14(19-7-6-17-15(19)20)10-12-4-3-5-13(16)9-12/h3-5,9,14,18H,2,6-8,10-11H2,1H3,(H,17,20)/t14-/m1/s1. The largest absolute Gasteiger partial charge is 0.336 e. The first-order valence-electron chi connectivity index (χ1n) is 7.67. The lowest BCUT2D eigenvalue weighted by molar-refractivity contribution is 0.197. The Morgan fingerprint density at radius 2 is 2.22 bits per heavy atom. The highest BCUT2D eigenvalue weighted by Crippen LogP contribution is 2.13. The fraction of sp³-hybridized carbons (Fsp3) is 0.533. The third kappa shape index (κ3) is 5.18. The molecule has 0 bridgehead atoms. The molecule has 6 nitrogen and oxygen atoms in total. The van der Waals surface area contributed by atoms with Crippen molar-refractivity contribution in [3.05, 3.63) is 35.6 Å². The van der Waals surface area contributed by atoms with Gasteiger partial charge in [0, 0.05) is 19.6 Å². The zero-order chi connectivity index (χ0) is 16.9. The van der Waals surface area contributed by atoms with Crippen LogP contribution < -0.4 is 10.0 Å². The fourth-order valence-electron chi connectivity index (χ4n) is 2.63. The summed E-state index contributed by atoms with van der Waals surface area (Å²) >= 11 is 0. The molecule has 0 saturated carbocycles. The molecule has 1 aliphatic heterocycles. The molecule has 1 aliphatic rings. The van der Waals surface area contributed by atoms with Crippen molar-refractivity contribution >= 4 is 16.1 Å². The molecule has 0 aromatic heterocycles. The third-order valence-corrected chi connectivity index (χ3v) is 5.25. The SMILES string of the molecule is CCCS(=O)(=O)NC[C@@H](Cc1cccc(F)c1)N1CCNC1=O. The van der Waals surface area contributed by atoms with E-state index in [4.69, 9.17) is 0 Å². The van der Waals surface area contributed by atoms with Gasteiger partial charge >= 0.3 is 6.03 Å². The zero-order valence-electron chi connectivity index (χ0n) is 13.1. The Labute approximate surface area is 136 Å². The topological polar surface area (TPSA) is 78.5 Å². The molecule has 1 heterocycles. The van der Waals surface area contributed by atoms with Gasteiger partial charge in [0.05, 0.1) is 11.8 Å². The molecule has 1 fully saturated rings. The van der Waals surface area contributed by atoms with E-state index >= 15 is 0 Å². The first kappa shape index (κ1) is 17.7. The summed E-state index contributed by atoms with van der Waals surface area (Å²) in [5.74, 6) is -0.301. The molecule has 23 heavy (non-hydrogen) atoms. The number of halogens is 1. The van der Waals surface area contributed by atoms with E-state index < -0.39 is 10.0 Å². The van der Waals surface area contributed by atoms with Crippen LogP contribution in [0.2, 0.25) is 0 Å².